The number of carbonyl (C=O) groups excluding carboxylic acids is 2. The Hall–Kier alpha value is -3.28. The van der Waals surface area contributed by atoms with Gasteiger partial charge in [0.25, 0.3) is 0 Å². The molecule has 1 unspecified atom stereocenters. The van der Waals surface area contributed by atoms with Gasteiger partial charge in [-0.3, -0.25) is 4.79 Å². The van der Waals surface area contributed by atoms with Gasteiger partial charge in [-0.2, -0.15) is 0 Å². The summed E-state index contributed by atoms with van der Waals surface area (Å²) in [6, 6.07) is 12.2. The molecule has 6 heteroatoms. The largest absolute Gasteiger partial charge is 0.459 e. The number of amides is 1. The molecule has 1 atom stereocenters. The molecule has 6 nitrogen and oxygen atoms in total. The van der Waals surface area contributed by atoms with E-state index in [2.05, 4.69) is 42.1 Å². The van der Waals surface area contributed by atoms with E-state index in [9.17, 15) is 9.59 Å². The van der Waals surface area contributed by atoms with Gasteiger partial charge in [-0.25, -0.2) is 4.79 Å². The predicted molar refractivity (Wildman–Crippen MR) is 118 cm³/mol. The molecule has 0 fully saturated rings. The summed E-state index contributed by atoms with van der Waals surface area (Å²) >= 11 is 0. The molecule has 0 aliphatic carbocycles. The highest BCUT2D eigenvalue weighted by Crippen LogP contribution is 2.33. The molecule has 0 saturated heterocycles. The third kappa shape index (κ3) is 4.48. The van der Waals surface area contributed by atoms with Crippen LogP contribution in [0.3, 0.4) is 0 Å². The van der Waals surface area contributed by atoms with E-state index in [4.69, 9.17) is 9.47 Å². The van der Waals surface area contributed by atoms with Crippen molar-refractivity contribution in [1.82, 2.24) is 4.57 Å². The Kier molecular flexibility index (Phi) is 6.45. The zero-order valence-corrected chi connectivity index (χ0v) is 18.1. The second-order valence-corrected chi connectivity index (χ2v) is 7.42. The summed E-state index contributed by atoms with van der Waals surface area (Å²) in [6.45, 7) is 10.0. The Morgan fingerprint density at radius 3 is 2.40 bits per heavy atom. The topological polar surface area (TPSA) is 69.6 Å². The fourth-order valence-electron chi connectivity index (χ4n) is 3.47. The molecule has 158 valence electrons. The second-order valence-electron chi connectivity index (χ2n) is 7.42. The Labute approximate surface area is 176 Å². The van der Waals surface area contributed by atoms with Gasteiger partial charge >= 0.3 is 11.9 Å². The van der Waals surface area contributed by atoms with Crippen molar-refractivity contribution in [2.75, 3.05) is 11.9 Å². The first-order valence-electron chi connectivity index (χ1n) is 10.2. The number of aryl methyl sites for hydroxylation is 2. The molecule has 1 aromatic heterocycles. The standard InChI is InChI=1S/C24H28N2O4/c1-6-17(5)26-11-10-18-14-20(8-9-21(18)26)30-22-15(3)12-19(13-16(22)4)25-23(27)24(28)29-7-2/h8-14,17H,6-7H2,1-5H3,(H,25,27). The number of esters is 1. The maximum atomic E-state index is 11.9. The number of hydrogen-bond acceptors (Lipinski definition) is 4. The smallest absolute Gasteiger partial charge is 0.397 e. The van der Waals surface area contributed by atoms with Crippen molar-refractivity contribution >= 4 is 28.5 Å². The predicted octanol–water partition coefficient (Wildman–Crippen LogP) is 5.52. The zero-order valence-electron chi connectivity index (χ0n) is 18.1. The van der Waals surface area contributed by atoms with Crippen LogP contribution in [0, 0.1) is 13.8 Å². The van der Waals surface area contributed by atoms with E-state index in [0.717, 1.165) is 34.4 Å². The summed E-state index contributed by atoms with van der Waals surface area (Å²) in [5.41, 5.74) is 3.41. The molecular formula is C24H28N2O4. The second kappa shape index (κ2) is 9.03. The molecular weight excluding hydrogens is 380 g/mol. The summed E-state index contributed by atoms with van der Waals surface area (Å²) in [5, 5.41) is 3.70. The number of nitrogens with one attached hydrogen (secondary N) is 1. The summed E-state index contributed by atoms with van der Waals surface area (Å²) in [6.07, 6.45) is 3.18. The minimum Gasteiger partial charge on any atom is -0.459 e. The number of aromatic nitrogens is 1. The molecule has 1 N–H and O–H groups in total. The van der Waals surface area contributed by atoms with Crippen molar-refractivity contribution in [2.24, 2.45) is 0 Å². The van der Waals surface area contributed by atoms with Crippen molar-refractivity contribution in [1.29, 1.82) is 0 Å². The average Bonchev–Trinajstić information content (AvgIpc) is 3.13. The highest BCUT2D eigenvalue weighted by Gasteiger charge is 2.16. The Morgan fingerprint density at radius 2 is 1.77 bits per heavy atom. The van der Waals surface area contributed by atoms with Crippen LogP contribution in [0.2, 0.25) is 0 Å². The van der Waals surface area contributed by atoms with Crippen LogP contribution in [-0.4, -0.2) is 23.1 Å². The van der Waals surface area contributed by atoms with Gasteiger partial charge in [0.15, 0.2) is 0 Å². The molecule has 0 bridgehead atoms. The van der Waals surface area contributed by atoms with E-state index in [1.165, 1.54) is 5.52 Å². The lowest BCUT2D eigenvalue weighted by atomic mass is 10.1. The lowest BCUT2D eigenvalue weighted by molar-refractivity contribution is -0.152. The number of hydrogen-bond donors (Lipinski definition) is 1. The van der Waals surface area contributed by atoms with E-state index in [0.29, 0.717) is 11.7 Å². The molecule has 0 radical (unpaired) electrons. The lowest BCUT2D eigenvalue weighted by Gasteiger charge is -2.15. The van der Waals surface area contributed by atoms with Crippen LogP contribution >= 0.6 is 0 Å². The Bertz CT molecular complexity index is 1060. The molecule has 0 saturated carbocycles. The van der Waals surface area contributed by atoms with E-state index >= 15 is 0 Å². The Balaban J connectivity index is 1.81. The van der Waals surface area contributed by atoms with E-state index < -0.39 is 11.9 Å². The van der Waals surface area contributed by atoms with Crippen LogP contribution in [0.1, 0.15) is 44.4 Å². The first-order valence-corrected chi connectivity index (χ1v) is 10.2. The number of rotatable bonds is 6. The van der Waals surface area contributed by atoms with E-state index in [1.807, 2.05) is 26.0 Å². The average molecular weight is 408 g/mol. The molecule has 1 amide bonds. The molecule has 3 aromatic rings. The van der Waals surface area contributed by atoms with Crippen LogP contribution < -0.4 is 10.1 Å². The minimum atomic E-state index is -0.897. The maximum Gasteiger partial charge on any atom is 0.397 e. The molecule has 0 spiro atoms. The molecule has 0 aliphatic rings. The third-order valence-corrected chi connectivity index (χ3v) is 5.16. The monoisotopic (exact) mass is 408 g/mol. The van der Waals surface area contributed by atoms with E-state index in [1.54, 1.807) is 19.1 Å². The van der Waals surface area contributed by atoms with Crippen molar-refractivity contribution in [3.05, 3.63) is 53.7 Å². The van der Waals surface area contributed by atoms with Crippen molar-refractivity contribution < 1.29 is 19.1 Å². The van der Waals surface area contributed by atoms with Gasteiger partial charge in [0.05, 0.1) is 6.61 Å². The summed E-state index contributed by atoms with van der Waals surface area (Å²) in [4.78, 5) is 23.4. The van der Waals surface area contributed by atoms with Crippen LogP contribution in [-0.2, 0) is 14.3 Å². The number of carbonyl (C=O) groups is 2. The number of ether oxygens (including phenoxy) is 2. The third-order valence-electron chi connectivity index (χ3n) is 5.16. The lowest BCUT2D eigenvalue weighted by Crippen LogP contribution is -2.25. The van der Waals surface area contributed by atoms with Gasteiger partial charge < -0.3 is 19.4 Å². The van der Waals surface area contributed by atoms with Crippen LogP contribution in [0.5, 0.6) is 11.5 Å². The molecule has 2 aromatic carbocycles. The minimum absolute atomic E-state index is 0.155. The molecule has 3 rings (SSSR count). The first kappa shape index (κ1) is 21.4. The van der Waals surface area contributed by atoms with Gasteiger partial charge in [-0.15, -0.1) is 0 Å². The quantitative estimate of drug-likeness (QED) is 0.430. The van der Waals surface area contributed by atoms with Crippen LogP contribution in [0.4, 0.5) is 5.69 Å². The fraction of sp³-hybridized carbons (Fsp3) is 0.333. The van der Waals surface area contributed by atoms with Gasteiger partial charge in [-0.1, -0.05) is 6.92 Å². The molecule has 0 aliphatic heterocycles. The molecule has 1 heterocycles. The van der Waals surface area contributed by atoms with Crippen LogP contribution in [0.15, 0.2) is 42.6 Å². The van der Waals surface area contributed by atoms with Crippen molar-refractivity contribution in [3.63, 3.8) is 0 Å². The number of benzene rings is 2. The highest BCUT2D eigenvalue weighted by molar-refractivity contribution is 6.37. The Morgan fingerprint density at radius 1 is 1.07 bits per heavy atom. The van der Waals surface area contributed by atoms with Gasteiger partial charge in [0, 0.05) is 28.8 Å². The van der Waals surface area contributed by atoms with Crippen LogP contribution in [0.25, 0.3) is 10.9 Å². The van der Waals surface area contributed by atoms with Crippen molar-refractivity contribution in [2.45, 2.75) is 47.1 Å². The SMILES string of the molecule is CCOC(=O)C(=O)Nc1cc(C)c(Oc2ccc3c(ccn3C(C)CC)c2)c(C)c1. The van der Waals surface area contributed by atoms with Crippen molar-refractivity contribution in [3.8, 4) is 11.5 Å². The first-order chi connectivity index (χ1) is 14.3. The van der Waals surface area contributed by atoms with Gasteiger partial charge in [-0.05, 0) is 81.6 Å². The summed E-state index contributed by atoms with van der Waals surface area (Å²) in [7, 11) is 0. The highest BCUT2D eigenvalue weighted by atomic mass is 16.5. The molecule has 30 heavy (non-hydrogen) atoms. The number of fused-ring (bicyclic) bond motifs is 1. The fourth-order valence-corrected chi connectivity index (χ4v) is 3.47. The number of nitrogens with zero attached hydrogens (tertiary/aromatic N) is 1. The van der Waals surface area contributed by atoms with Gasteiger partial charge in [0.2, 0.25) is 0 Å². The summed E-state index contributed by atoms with van der Waals surface area (Å²) < 4.78 is 13.2. The normalized spacial score (nSPS) is 11.9. The number of anilines is 1. The summed E-state index contributed by atoms with van der Waals surface area (Å²) in [5.74, 6) is -0.213. The van der Waals surface area contributed by atoms with Gasteiger partial charge in [0.1, 0.15) is 11.5 Å². The van der Waals surface area contributed by atoms with E-state index in [-0.39, 0.29) is 6.61 Å². The maximum absolute atomic E-state index is 11.9. The zero-order chi connectivity index (χ0) is 21.8.